The summed E-state index contributed by atoms with van der Waals surface area (Å²) in [7, 11) is 0. The first-order valence-corrected chi connectivity index (χ1v) is 7.98. The lowest BCUT2D eigenvalue weighted by atomic mass is 9.78. The number of rotatable bonds is 5. The van der Waals surface area contributed by atoms with Crippen molar-refractivity contribution in [2.45, 2.75) is 57.8 Å². The van der Waals surface area contributed by atoms with Crippen molar-refractivity contribution in [2.24, 2.45) is 5.92 Å². The van der Waals surface area contributed by atoms with Gasteiger partial charge in [-0.3, -0.25) is 0 Å². The molecule has 1 heteroatoms. The van der Waals surface area contributed by atoms with Crippen LogP contribution >= 0.6 is 0 Å². The summed E-state index contributed by atoms with van der Waals surface area (Å²) in [6, 6.07) is 11.4. The molecule has 1 fully saturated rings. The summed E-state index contributed by atoms with van der Waals surface area (Å²) < 4.78 is 0. The highest BCUT2D eigenvalue weighted by molar-refractivity contribution is 5.26. The molecular formula is C19H25N. The number of nitriles is 1. The van der Waals surface area contributed by atoms with Gasteiger partial charge in [-0.25, -0.2) is 0 Å². The fourth-order valence-electron chi connectivity index (χ4n) is 3.16. The monoisotopic (exact) mass is 267 g/mol. The van der Waals surface area contributed by atoms with Crippen LogP contribution in [0.25, 0.3) is 0 Å². The average Bonchev–Trinajstić information content (AvgIpc) is 2.52. The van der Waals surface area contributed by atoms with Crippen LogP contribution in [0.1, 0.15) is 62.5 Å². The second-order valence-corrected chi connectivity index (χ2v) is 5.95. The number of hydrogen-bond donors (Lipinski definition) is 0. The predicted molar refractivity (Wildman–Crippen MR) is 84.5 cm³/mol. The highest BCUT2D eigenvalue weighted by Crippen LogP contribution is 2.36. The largest absolute Gasteiger partial charge is 0.193 e. The van der Waals surface area contributed by atoms with Crippen LogP contribution in [-0.2, 0) is 6.42 Å². The van der Waals surface area contributed by atoms with Gasteiger partial charge >= 0.3 is 0 Å². The summed E-state index contributed by atoms with van der Waals surface area (Å²) in [6.45, 7) is 2.24. The van der Waals surface area contributed by atoms with E-state index in [1.165, 1.54) is 56.1 Å². The van der Waals surface area contributed by atoms with Gasteiger partial charge in [0.05, 0.1) is 6.07 Å². The van der Waals surface area contributed by atoms with E-state index >= 15 is 0 Å². The summed E-state index contributed by atoms with van der Waals surface area (Å²) in [5.41, 5.74) is 2.98. The van der Waals surface area contributed by atoms with E-state index in [1.807, 2.05) is 0 Å². The van der Waals surface area contributed by atoms with E-state index in [1.54, 1.807) is 6.08 Å². The zero-order chi connectivity index (χ0) is 14.2. The van der Waals surface area contributed by atoms with E-state index in [-0.39, 0.29) is 0 Å². The maximum Gasteiger partial charge on any atom is 0.0908 e. The molecule has 1 aliphatic carbocycles. The average molecular weight is 267 g/mol. The first-order chi connectivity index (χ1) is 9.83. The summed E-state index contributed by atoms with van der Waals surface area (Å²) in [5.74, 6) is 1.34. The maximum atomic E-state index is 8.58. The lowest BCUT2D eigenvalue weighted by molar-refractivity contribution is 0.376. The Morgan fingerprint density at radius 1 is 1.15 bits per heavy atom. The number of nitrogens with zero attached hydrogens (tertiary/aromatic N) is 1. The van der Waals surface area contributed by atoms with Crippen LogP contribution < -0.4 is 0 Å². The molecule has 0 radical (unpaired) electrons. The smallest absolute Gasteiger partial charge is 0.0908 e. The molecule has 0 atom stereocenters. The Morgan fingerprint density at radius 3 is 2.45 bits per heavy atom. The second kappa shape index (κ2) is 7.90. The molecule has 0 unspecified atom stereocenters. The third kappa shape index (κ3) is 4.23. The molecule has 1 saturated carbocycles. The van der Waals surface area contributed by atoms with Crippen LogP contribution in [-0.4, -0.2) is 0 Å². The van der Waals surface area contributed by atoms with E-state index < -0.39 is 0 Å². The van der Waals surface area contributed by atoms with Crippen LogP contribution in [0.15, 0.2) is 36.4 Å². The first-order valence-electron chi connectivity index (χ1n) is 7.98. The molecule has 0 saturated heterocycles. The van der Waals surface area contributed by atoms with Crippen LogP contribution in [0.3, 0.4) is 0 Å². The highest BCUT2D eigenvalue weighted by Gasteiger charge is 2.20. The van der Waals surface area contributed by atoms with Crippen molar-refractivity contribution in [1.29, 1.82) is 5.26 Å². The predicted octanol–water partition coefficient (Wildman–Crippen LogP) is 5.38. The Bertz CT molecular complexity index is 456. The highest BCUT2D eigenvalue weighted by atomic mass is 14.3. The van der Waals surface area contributed by atoms with Gasteiger partial charge in [0.2, 0.25) is 0 Å². The van der Waals surface area contributed by atoms with Crippen molar-refractivity contribution in [3.63, 3.8) is 0 Å². The van der Waals surface area contributed by atoms with E-state index in [2.05, 4.69) is 43.3 Å². The SMILES string of the molecule is CCCCc1ccc([C@H]2CC[C@H](/C=C/C#N)CC2)cc1. The van der Waals surface area contributed by atoms with Gasteiger partial charge in [-0.2, -0.15) is 5.26 Å². The van der Waals surface area contributed by atoms with Gasteiger partial charge in [-0.15, -0.1) is 0 Å². The van der Waals surface area contributed by atoms with Gasteiger partial charge in [0.15, 0.2) is 0 Å². The van der Waals surface area contributed by atoms with Gasteiger partial charge in [0.25, 0.3) is 0 Å². The van der Waals surface area contributed by atoms with Crippen molar-refractivity contribution in [3.8, 4) is 6.07 Å². The quantitative estimate of drug-likeness (QED) is 0.657. The Balaban J connectivity index is 1.87. The van der Waals surface area contributed by atoms with Crippen molar-refractivity contribution < 1.29 is 0 Å². The Kier molecular flexibility index (Phi) is 5.87. The molecule has 1 aliphatic rings. The lowest BCUT2D eigenvalue weighted by Crippen LogP contribution is -2.11. The number of benzene rings is 1. The normalized spacial score (nSPS) is 22.8. The van der Waals surface area contributed by atoms with Crippen LogP contribution in [0.2, 0.25) is 0 Å². The van der Waals surface area contributed by atoms with Gasteiger partial charge in [-0.05, 0) is 61.5 Å². The van der Waals surface area contributed by atoms with Gasteiger partial charge in [-0.1, -0.05) is 43.7 Å². The third-order valence-electron chi connectivity index (χ3n) is 4.48. The van der Waals surface area contributed by atoms with Crippen molar-refractivity contribution >= 4 is 0 Å². The molecule has 20 heavy (non-hydrogen) atoms. The van der Waals surface area contributed by atoms with Gasteiger partial charge in [0.1, 0.15) is 0 Å². The topological polar surface area (TPSA) is 23.8 Å². The molecule has 106 valence electrons. The fourth-order valence-corrected chi connectivity index (χ4v) is 3.16. The maximum absolute atomic E-state index is 8.58. The molecule has 0 bridgehead atoms. The Hall–Kier alpha value is -1.55. The second-order valence-electron chi connectivity index (χ2n) is 5.95. The number of allylic oxidation sites excluding steroid dienone is 2. The number of hydrogen-bond acceptors (Lipinski definition) is 1. The zero-order valence-electron chi connectivity index (χ0n) is 12.5. The number of unbranched alkanes of at least 4 members (excludes halogenated alkanes) is 1. The van der Waals surface area contributed by atoms with E-state index in [0.717, 1.165) is 5.92 Å². The van der Waals surface area contributed by atoms with Gasteiger partial charge in [0, 0.05) is 6.08 Å². The summed E-state index contributed by atoms with van der Waals surface area (Å²) >= 11 is 0. The van der Waals surface area contributed by atoms with E-state index in [9.17, 15) is 0 Å². The molecule has 0 heterocycles. The molecule has 0 N–H and O–H groups in total. The minimum atomic E-state index is 0.620. The molecule has 1 aromatic carbocycles. The van der Waals surface area contributed by atoms with Crippen molar-refractivity contribution in [2.75, 3.05) is 0 Å². The Labute approximate surface area is 123 Å². The summed E-state index contributed by atoms with van der Waals surface area (Å²) in [5, 5.41) is 8.58. The molecule has 1 nitrogen and oxygen atoms in total. The minimum Gasteiger partial charge on any atom is -0.193 e. The molecule has 0 aliphatic heterocycles. The standard InChI is InChI=1S/C19H25N/c1-2-3-5-16-7-11-18(12-8-16)19-13-9-17(10-14-19)6-4-15-20/h4,6-8,11-12,17,19H,2-3,5,9-10,13-14H2,1H3/b6-4+/t17-,19-. The molecule has 0 spiro atoms. The summed E-state index contributed by atoms with van der Waals surface area (Å²) in [4.78, 5) is 0. The zero-order valence-corrected chi connectivity index (χ0v) is 12.5. The van der Waals surface area contributed by atoms with E-state index in [4.69, 9.17) is 5.26 Å². The fraction of sp³-hybridized carbons (Fsp3) is 0.526. The van der Waals surface area contributed by atoms with Crippen LogP contribution in [0, 0.1) is 17.2 Å². The van der Waals surface area contributed by atoms with Crippen LogP contribution in [0.4, 0.5) is 0 Å². The molecule has 2 rings (SSSR count). The van der Waals surface area contributed by atoms with E-state index in [0.29, 0.717) is 5.92 Å². The molecule has 1 aromatic rings. The van der Waals surface area contributed by atoms with Gasteiger partial charge < -0.3 is 0 Å². The first kappa shape index (κ1) is 14.9. The molecular weight excluding hydrogens is 242 g/mol. The van der Waals surface area contributed by atoms with Crippen LogP contribution in [0.5, 0.6) is 0 Å². The Morgan fingerprint density at radius 2 is 1.85 bits per heavy atom. The molecule has 0 amide bonds. The molecule has 0 aromatic heterocycles. The lowest BCUT2D eigenvalue weighted by Gasteiger charge is -2.27. The van der Waals surface area contributed by atoms with Crippen molar-refractivity contribution in [3.05, 3.63) is 47.5 Å². The minimum absolute atomic E-state index is 0.620. The third-order valence-corrected chi connectivity index (χ3v) is 4.48. The number of aryl methyl sites for hydroxylation is 1. The summed E-state index contributed by atoms with van der Waals surface area (Å²) in [6.07, 6.45) is 12.5. The van der Waals surface area contributed by atoms with Crippen molar-refractivity contribution in [1.82, 2.24) is 0 Å².